The van der Waals surface area contributed by atoms with Crippen LogP contribution < -0.4 is 11.1 Å². The summed E-state index contributed by atoms with van der Waals surface area (Å²) >= 11 is 3.48. The van der Waals surface area contributed by atoms with E-state index in [4.69, 9.17) is 5.73 Å². The summed E-state index contributed by atoms with van der Waals surface area (Å²) in [6, 6.07) is 0. The standard InChI is InChI=1S/C13H21BrN2O2/c1-11(2)12(3)4-5-13(11,8(14)9(12)17)10(18)16-7-6-15/h8H,4-7,15H2,1-3H3,(H,16,18)/t8-,12-,13-/m0/s1. The van der Waals surface area contributed by atoms with Gasteiger partial charge in [0.25, 0.3) is 0 Å². The molecule has 2 saturated carbocycles. The Morgan fingerprint density at radius 3 is 2.50 bits per heavy atom. The molecule has 2 aliphatic carbocycles. The van der Waals surface area contributed by atoms with Gasteiger partial charge in [-0.2, -0.15) is 0 Å². The Morgan fingerprint density at radius 1 is 1.44 bits per heavy atom. The SMILES string of the molecule is CC1(C)[C@@]2(C)CC[C@@]1(C(=O)NCCN)[C@@H](Br)C2=O. The minimum atomic E-state index is -0.631. The quantitative estimate of drug-likeness (QED) is 0.769. The van der Waals surface area contributed by atoms with Crippen molar-refractivity contribution in [2.45, 2.75) is 38.4 Å². The summed E-state index contributed by atoms with van der Waals surface area (Å²) in [5, 5.41) is 2.87. The van der Waals surface area contributed by atoms with E-state index < -0.39 is 10.8 Å². The van der Waals surface area contributed by atoms with Crippen LogP contribution in [0.3, 0.4) is 0 Å². The molecule has 0 saturated heterocycles. The second-order valence-corrected chi connectivity index (χ2v) is 7.12. The molecule has 2 fully saturated rings. The van der Waals surface area contributed by atoms with E-state index in [1.807, 2.05) is 20.8 Å². The van der Waals surface area contributed by atoms with E-state index in [1.165, 1.54) is 0 Å². The fourth-order valence-corrected chi connectivity index (χ4v) is 5.31. The second-order valence-electron chi connectivity index (χ2n) is 6.20. The summed E-state index contributed by atoms with van der Waals surface area (Å²) in [5.41, 5.74) is 4.07. The lowest BCUT2D eigenvalue weighted by Gasteiger charge is -2.39. The number of nitrogens with one attached hydrogen (secondary N) is 1. The molecular weight excluding hydrogens is 296 g/mol. The van der Waals surface area contributed by atoms with Crippen LogP contribution in [0.4, 0.5) is 0 Å². The molecule has 102 valence electrons. The van der Waals surface area contributed by atoms with Crippen molar-refractivity contribution in [2.75, 3.05) is 13.1 Å². The molecule has 0 radical (unpaired) electrons. The lowest BCUT2D eigenvalue weighted by molar-refractivity contribution is -0.135. The van der Waals surface area contributed by atoms with Crippen molar-refractivity contribution in [1.29, 1.82) is 0 Å². The van der Waals surface area contributed by atoms with Crippen LogP contribution in [0.5, 0.6) is 0 Å². The monoisotopic (exact) mass is 316 g/mol. The van der Waals surface area contributed by atoms with E-state index in [0.717, 1.165) is 12.8 Å². The molecule has 0 aromatic rings. The number of hydrogen-bond donors (Lipinski definition) is 2. The molecule has 2 aliphatic rings. The van der Waals surface area contributed by atoms with Crippen LogP contribution in [0.15, 0.2) is 0 Å². The summed E-state index contributed by atoms with van der Waals surface area (Å²) in [6.07, 6.45) is 1.55. The van der Waals surface area contributed by atoms with Gasteiger partial charge in [-0.25, -0.2) is 0 Å². The minimum absolute atomic E-state index is 0.0330. The van der Waals surface area contributed by atoms with Gasteiger partial charge in [-0.1, -0.05) is 36.7 Å². The molecule has 2 rings (SSSR count). The Kier molecular flexibility index (Phi) is 3.14. The fraction of sp³-hybridized carbons (Fsp3) is 0.846. The van der Waals surface area contributed by atoms with Gasteiger partial charge in [-0.3, -0.25) is 9.59 Å². The third-order valence-electron chi connectivity index (χ3n) is 5.56. The molecule has 0 spiro atoms. The van der Waals surface area contributed by atoms with Crippen molar-refractivity contribution in [3.8, 4) is 0 Å². The molecule has 0 aromatic heterocycles. The van der Waals surface area contributed by atoms with Crippen molar-refractivity contribution < 1.29 is 9.59 Å². The van der Waals surface area contributed by atoms with Gasteiger partial charge in [0, 0.05) is 18.5 Å². The number of alkyl halides is 1. The van der Waals surface area contributed by atoms with Crippen LogP contribution in [0.1, 0.15) is 33.6 Å². The van der Waals surface area contributed by atoms with Crippen LogP contribution in [0.25, 0.3) is 0 Å². The first-order chi connectivity index (χ1) is 8.25. The number of ketones is 1. The van der Waals surface area contributed by atoms with Gasteiger partial charge in [-0.05, 0) is 18.3 Å². The van der Waals surface area contributed by atoms with Crippen LogP contribution in [0, 0.1) is 16.2 Å². The number of carbonyl (C=O) groups is 2. The maximum Gasteiger partial charge on any atom is 0.228 e. The normalized spacial score (nSPS) is 41.2. The minimum Gasteiger partial charge on any atom is -0.354 e. The highest BCUT2D eigenvalue weighted by Crippen LogP contribution is 2.72. The van der Waals surface area contributed by atoms with Crippen molar-refractivity contribution in [3.05, 3.63) is 0 Å². The smallest absolute Gasteiger partial charge is 0.228 e. The second kappa shape index (κ2) is 4.04. The zero-order chi connectivity index (χ0) is 13.8. The molecule has 18 heavy (non-hydrogen) atoms. The summed E-state index contributed by atoms with van der Waals surface area (Å²) in [5.74, 6) is 0.135. The molecule has 2 bridgehead atoms. The predicted molar refractivity (Wildman–Crippen MR) is 73.3 cm³/mol. The lowest BCUT2D eigenvalue weighted by atomic mass is 9.64. The summed E-state index contributed by atoms with van der Waals surface area (Å²) < 4.78 is 0. The number of carbonyl (C=O) groups excluding carboxylic acids is 2. The Labute approximate surface area is 116 Å². The molecule has 4 nitrogen and oxygen atoms in total. The largest absolute Gasteiger partial charge is 0.354 e. The number of rotatable bonds is 3. The van der Waals surface area contributed by atoms with Crippen molar-refractivity contribution in [3.63, 3.8) is 0 Å². The van der Waals surface area contributed by atoms with Gasteiger partial charge in [0.15, 0.2) is 5.78 Å². The van der Waals surface area contributed by atoms with Gasteiger partial charge in [0.2, 0.25) is 5.91 Å². The van der Waals surface area contributed by atoms with Crippen LogP contribution in [0.2, 0.25) is 0 Å². The average Bonchev–Trinajstić information content (AvgIpc) is 2.59. The molecule has 1 amide bonds. The highest BCUT2D eigenvalue weighted by atomic mass is 79.9. The Balaban J connectivity index is 2.43. The fourth-order valence-electron chi connectivity index (χ4n) is 3.80. The van der Waals surface area contributed by atoms with Crippen LogP contribution >= 0.6 is 15.9 Å². The average molecular weight is 317 g/mol. The predicted octanol–water partition coefficient (Wildman–Crippen LogP) is 1.22. The summed E-state index contributed by atoms with van der Waals surface area (Å²) in [4.78, 5) is 24.6. The molecule has 0 aromatic carbocycles. The van der Waals surface area contributed by atoms with Crippen molar-refractivity contribution in [1.82, 2.24) is 5.32 Å². The van der Waals surface area contributed by atoms with Gasteiger partial charge in [-0.15, -0.1) is 0 Å². The highest BCUT2D eigenvalue weighted by molar-refractivity contribution is 9.10. The number of amides is 1. The molecule has 5 heteroatoms. The number of hydrogen-bond acceptors (Lipinski definition) is 3. The maximum absolute atomic E-state index is 12.5. The summed E-state index contributed by atoms with van der Waals surface area (Å²) in [7, 11) is 0. The van der Waals surface area contributed by atoms with Crippen LogP contribution in [-0.4, -0.2) is 29.6 Å². The third kappa shape index (κ3) is 1.29. The molecule has 0 heterocycles. The molecule has 3 atom stereocenters. The number of halogens is 1. The van der Waals surface area contributed by atoms with E-state index in [1.54, 1.807) is 0 Å². The van der Waals surface area contributed by atoms with Crippen molar-refractivity contribution >= 4 is 27.6 Å². The number of nitrogens with two attached hydrogens (primary N) is 1. The molecule has 3 N–H and O–H groups in total. The first kappa shape index (κ1) is 14.0. The Morgan fingerprint density at radius 2 is 2.06 bits per heavy atom. The van der Waals surface area contributed by atoms with Gasteiger partial charge < -0.3 is 11.1 Å². The zero-order valence-corrected chi connectivity index (χ0v) is 12.8. The Hall–Kier alpha value is -0.420. The highest BCUT2D eigenvalue weighted by Gasteiger charge is 2.76. The maximum atomic E-state index is 12.5. The van der Waals surface area contributed by atoms with Gasteiger partial charge in [0.05, 0.1) is 10.2 Å². The Bertz CT molecular complexity index is 410. The van der Waals surface area contributed by atoms with E-state index in [9.17, 15) is 9.59 Å². The topological polar surface area (TPSA) is 72.2 Å². The van der Waals surface area contributed by atoms with E-state index in [0.29, 0.717) is 13.1 Å². The summed E-state index contributed by atoms with van der Waals surface area (Å²) in [6.45, 7) is 6.96. The number of Topliss-reactive ketones (excluding diaryl/α,β-unsaturated/α-hetero) is 1. The van der Waals surface area contributed by atoms with E-state index in [-0.39, 0.29) is 21.9 Å². The van der Waals surface area contributed by atoms with Gasteiger partial charge in [0.1, 0.15) is 0 Å². The number of fused-ring (bicyclic) bond motifs is 2. The first-order valence-electron chi connectivity index (χ1n) is 6.42. The molecule has 0 aliphatic heterocycles. The van der Waals surface area contributed by atoms with Crippen molar-refractivity contribution in [2.24, 2.45) is 22.0 Å². The van der Waals surface area contributed by atoms with Gasteiger partial charge >= 0.3 is 0 Å². The lowest BCUT2D eigenvalue weighted by Crippen LogP contribution is -2.51. The zero-order valence-electron chi connectivity index (χ0n) is 11.2. The van der Waals surface area contributed by atoms with Crippen LogP contribution in [-0.2, 0) is 9.59 Å². The first-order valence-corrected chi connectivity index (χ1v) is 7.34. The van der Waals surface area contributed by atoms with E-state index in [2.05, 4.69) is 21.2 Å². The van der Waals surface area contributed by atoms with E-state index >= 15 is 0 Å². The molecule has 0 unspecified atom stereocenters. The third-order valence-corrected chi connectivity index (χ3v) is 6.75. The molecular formula is C13H21BrN2O2.